The summed E-state index contributed by atoms with van der Waals surface area (Å²) in [5.74, 6) is -1.58. The third-order valence-electron chi connectivity index (χ3n) is 3.55. The first-order valence-corrected chi connectivity index (χ1v) is 7.03. The van der Waals surface area contributed by atoms with Gasteiger partial charge in [0, 0.05) is 17.5 Å². The zero-order valence-electron chi connectivity index (χ0n) is 12.2. The van der Waals surface area contributed by atoms with Gasteiger partial charge < -0.3 is 14.8 Å². The molecule has 5 nitrogen and oxygen atoms in total. The minimum atomic E-state index is -0.890. The van der Waals surface area contributed by atoms with Crippen molar-refractivity contribution in [3.05, 3.63) is 35.6 Å². The van der Waals surface area contributed by atoms with Gasteiger partial charge in [-0.1, -0.05) is 31.5 Å². The fraction of sp³-hybridized carbons (Fsp3) is 0.375. The predicted octanol–water partition coefficient (Wildman–Crippen LogP) is 2.97. The SMILES string of the molecule is CCCC(CNC(=O)c1oc2ccccc2c1C)C(=O)O. The first kappa shape index (κ1) is 15.1. The van der Waals surface area contributed by atoms with Crippen LogP contribution in [0, 0.1) is 12.8 Å². The molecule has 1 atom stereocenters. The van der Waals surface area contributed by atoms with Crippen LogP contribution in [0.5, 0.6) is 0 Å². The van der Waals surface area contributed by atoms with E-state index < -0.39 is 11.9 Å². The van der Waals surface area contributed by atoms with Gasteiger partial charge in [-0.15, -0.1) is 0 Å². The van der Waals surface area contributed by atoms with Crippen molar-refractivity contribution in [1.82, 2.24) is 5.32 Å². The minimum Gasteiger partial charge on any atom is -0.481 e. The summed E-state index contributed by atoms with van der Waals surface area (Å²) in [4.78, 5) is 23.2. The number of amides is 1. The van der Waals surface area contributed by atoms with Crippen molar-refractivity contribution in [2.75, 3.05) is 6.54 Å². The number of carbonyl (C=O) groups is 2. The lowest BCUT2D eigenvalue weighted by Crippen LogP contribution is -2.33. The monoisotopic (exact) mass is 289 g/mol. The van der Waals surface area contributed by atoms with Crippen molar-refractivity contribution in [1.29, 1.82) is 0 Å². The van der Waals surface area contributed by atoms with Gasteiger partial charge in [0.15, 0.2) is 5.76 Å². The summed E-state index contributed by atoms with van der Waals surface area (Å²) in [5, 5.41) is 12.6. The number of rotatable bonds is 6. The van der Waals surface area contributed by atoms with Crippen LogP contribution in [0.2, 0.25) is 0 Å². The van der Waals surface area contributed by atoms with E-state index in [4.69, 9.17) is 9.52 Å². The van der Waals surface area contributed by atoms with Gasteiger partial charge in [0.05, 0.1) is 5.92 Å². The van der Waals surface area contributed by atoms with Crippen LogP contribution in [0.15, 0.2) is 28.7 Å². The van der Waals surface area contributed by atoms with Crippen molar-refractivity contribution in [2.24, 2.45) is 5.92 Å². The fourth-order valence-corrected chi connectivity index (χ4v) is 2.35. The Labute approximate surface area is 122 Å². The molecule has 1 unspecified atom stereocenters. The van der Waals surface area contributed by atoms with E-state index in [1.807, 2.05) is 32.0 Å². The van der Waals surface area contributed by atoms with E-state index in [0.717, 1.165) is 17.4 Å². The highest BCUT2D eigenvalue weighted by Gasteiger charge is 2.21. The number of furan rings is 1. The van der Waals surface area contributed by atoms with Crippen LogP contribution < -0.4 is 5.32 Å². The van der Waals surface area contributed by atoms with Crippen LogP contribution in [0.1, 0.15) is 35.9 Å². The summed E-state index contributed by atoms with van der Waals surface area (Å²) in [6.45, 7) is 3.85. The molecule has 0 aliphatic heterocycles. The molecule has 1 aromatic carbocycles. The first-order valence-electron chi connectivity index (χ1n) is 7.03. The smallest absolute Gasteiger partial charge is 0.308 e. The van der Waals surface area contributed by atoms with Gasteiger partial charge in [-0.3, -0.25) is 9.59 Å². The molecule has 0 saturated carbocycles. The number of aliphatic carboxylic acids is 1. The molecule has 1 aromatic heterocycles. The average Bonchev–Trinajstić information content (AvgIpc) is 2.80. The van der Waals surface area contributed by atoms with Crippen molar-refractivity contribution < 1.29 is 19.1 Å². The molecule has 0 spiro atoms. The lowest BCUT2D eigenvalue weighted by molar-refractivity contribution is -0.141. The molecule has 0 aliphatic carbocycles. The molecular weight excluding hydrogens is 270 g/mol. The Balaban J connectivity index is 2.12. The number of hydrogen-bond donors (Lipinski definition) is 2. The van der Waals surface area contributed by atoms with E-state index >= 15 is 0 Å². The molecule has 1 amide bonds. The molecule has 1 heterocycles. The Bertz CT molecular complexity index is 659. The number of aryl methyl sites for hydroxylation is 1. The topological polar surface area (TPSA) is 79.5 Å². The summed E-state index contributed by atoms with van der Waals surface area (Å²) in [6.07, 6.45) is 1.30. The van der Waals surface area contributed by atoms with E-state index in [1.54, 1.807) is 6.07 Å². The van der Waals surface area contributed by atoms with Crippen molar-refractivity contribution in [3.8, 4) is 0 Å². The Kier molecular flexibility index (Phi) is 4.62. The molecule has 0 fully saturated rings. The van der Waals surface area contributed by atoms with Gasteiger partial charge in [-0.25, -0.2) is 0 Å². The van der Waals surface area contributed by atoms with Crippen LogP contribution >= 0.6 is 0 Å². The lowest BCUT2D eigenvalue weighted by atomic mass is 10.0. The Morgan fingerprint density at radius 2 is 2.05 bits per heavy atom. The molecule has 0 aliphatic rings. The second-order valence-electron chi connectivity index (χ2n) is 5.09. The van der Waals surface area contributed by atoms with Crippen molar-refractivity contribution >= 4 is 22.8 Å². The molecular formula is C16H19NO4. The molecule has 2 N–H and O–H groups in total. The lowest BCUT2D eigenvalue weighted by Gasteiger charge is -2.11. The number of para-hydroxylation sites is 1. The predicted molar refractivity (Wildman–Crippen MR) is 79.3 cm³/mol. The highest BCUT2D eigenvalue weighted by Crippen LogP contribution is 2.24. The van der Waals surface area contributed by atoms with Crippen LogP contribution in [-0.4, -0.2) is 23.5 Å². The molecule has 112 valence electrons. The second kappa shape index (κ2) is 6.43. The van der Waals surface area contributed by atoms with E-state index in [2.05, 4.69) is 5.32 Å². The zero-order chi connectivity index (χ0) is 15.4. The Morgan fingerprint density at radius 1 is 1.33 bits per heavy atom. The standard InChI is InChI=1S/C16H19NO4/c1-3-6-11(16(19)20)9-17-15(18)14-10(2)12-7-4-5-8-13(12)21-14/h4-5,7-8,11H,3,6,9H2,1-2H3,(H,17,18)(H,19,20). The highest BCUT2D eigenvalue weighted by molar-refractivity contribution is 5.99. The Hall–Kier alpha value is -2.30. The number of carboxylic acids is 1. The van der Waals surface area contributed by atoms with E-state index in [9.17, 15) is 9.59 Å². The van der Waals surface area contributed by atoms with Crippen molar-refractivity contribution in [3.63, 3.8) is 0 Å². The largest absolute Gasteiger partial charge is 0.481 e. The highest BCUT2D eigenvalue weighted by atomic mass is 16.4. The van der Waals surface area contributed by atoms with Gasteiger partial charge in [-0.2, -0.15) is 0 Å². The number of fused-ring (bicyclic) bond motifs is 1. The average molecular weight is 289 g/mol. The molecule has 0 bridgehead atoms. The maximum atomic E-state index is 12.2. The van der Waals surface area contributed by atoms with E-state index in [1.165, 1.54) is 0 Å². The normalized spacial score (nSPS) is 12.3. The minimum absolute atomic E-state index is 0.110. The van der Waals surface area contributed by atoms with Gasteiger partial charge in [0.1, 0.15) is 5.58 Å². The molecule has 0 saturated heterocycles. The quantitative estimate of drug-likeness (QED) is 0.856. The zero-order valence-corrected chi connectivity index (χ0v) is 12.2. The fourth-order valence-electron chi connectivity index (χ4n) is 2.35. The molecule has 21 heavy (non-hydrogen) atoms. The van der Waals surface area contributed by atoms with Crippen LogP contribution in [0.25, 0.3) is 11.0 Å². The number of carboxylic acid groups (broad SMARTS) is 1. The van der Waals surface area contributed by atoms with Gasteiger partial charge in [-0.05, 0) is 19.4 Å². The van der Waals surface area contributed by atoms with E-state index in [0.29, 0.717) is 12.0 Å². The van der Waals surface area contributed by atoms with Gasteiger partial charge >= 0.3 is 5.97 Å². The van der Waals surface area contributed by atoms with Crippen LogP contribution in [-0.2, 0) is 4.79 Å². The molecule has 2 aromatic rings. The summed E-state index contributed by atoms with van der Waals surface area (Å²) >= 11 is 0. The number of nitrogens with one attached hydrogen (secondary N) is 1. The first-order chi connectivity index (χ1) is 10.0. The summed E-state index contributed by atoms with van der Waals surface area (Å²) < 4.78 is 5.55. The van der Waals surface area contributed by atoms with Gasteiger partial charge in [0.25, 0.3) is 5.91 Å². The Morgan fingerprint density at radius 3 is 2.67 bits per heavy atom. The third-order valence-corrected chi connectivity index (χ3v) is 3.55. The maximum Gasteiger partial charge on any atom is 0.308 e. The van der Waals surface area contributed by atoms with Gasteiger partial charge in [0.2, 0.25) is 0 Å². The second-order valence-corrected chi connectivity index (χ2v) is 5.09. The molecule has 0 radical (unpaired) electrons. The molecule has 5 heteroatoms. The molecule has 2 rings (SSSR count). The van der Waals surface area contributed by atoms with E-state index in [-0.39, 0.29) is 18.2 Å². The number of carbonyl (C=O) groups excluding carboxylic acids is 1. The number of hydrogen-bond acceptors (Lipinski definition) is 3. The van der Waals surface area contributed by atoms with Crippen LogP contribution in [0.4, 0.5) is 0 Å². The summed E-state index contributed by atoms with van der Waals surface area (Å²) in [5.41, 5.74) is 1.42. The van der Waals surface area contributed by atoms with Crippen LogP contribution in [0.3, 0.4) is 0 Å². The summed E-state index contributed by atoms with van der Waals surface area (Å²) in [7, 11) is 0. The third kappa shape index (κ3) is 3.24. The van der Waals surface area contributed by atoms with Crippen molar-refractivity contribution in [2.45, 2.75) is 26.7 Å². The summed E-state index contributed by atoms with van der Waals surface area (Å²) in [6, 6.07) is 7.42. The number of benzene rings is 1. The maximum absolute atomic E-state index is 12.2.